The highest BCUT2D eigenvalue weighted by molar-refractivity contribution is 5.85. The Bertz CT molecular complexity index is 601. The summed E-state index contributed by atoms with van der Waals surface area (Å²) in [6.07, 6.45) is 2.82. The predicted molar refractivity (Wildman–Crippen MR) is 109 cm³/mol. The molecule has 1 saturated heterocycles. The summed E-state index contributed by atoms with van der Waals surface area (Å²) in [5.74, 6) is -0.666. The Morgan fingerprint density at radius 1 is 1.11 bits per heavy atom. The van der Waals surface area contributed by atoms with Gasteiger partial charge < -0.3 is 10.0 Å². The predicted octanol–water partition coefficient (Wildman–Crippen LogP) is 2.11. The molecule has 27 heavy (non-hydrogen) atoms. The highest BCUT2D eigenvalue weighted by Crippen LogP contribution is 2.15. The van der Waals surface area contributed by atoms with E-state index in [2.05, 4.69) is 36.1 Å². The molecule has 7 heteroatoms. The lowest BCUT2D eigenvalue weighted by Crippen LogP contribution is -2.47. The second kappa shape index (κ2) is 11.3. The normalized spacial score (nSPS) is 15.4. The van der Waals surface area contributed by atoms with Crippen molar-refractivity contribution >= 4 is 24.3 Å². The molecule has 0 bridgehead atoms. The molecule has 152 valence electrons. The van der Waals surface area contributed by atoms with Crippen molar-refractivity contribution in [2.75, 3.05) is 40.3 Å². The molecule has 0 aromatic heterocycles. The molecule has 0 spiro atoms. The van der Waals surface area contributed by atoms with Gasteiger partial charge in [-0.3, -0.25) is 19.4 Å². The number of likely N-dealkylation sites (tertiary alicyclic amines) is 1. The van der Waals surface area contributed by atoms with Crippen molar-refractivity contribution in [1.82, 2.24) is 14.7 Å². The van der Waals surface area contributed by atoms with Gasteiger partial charge in [-0.25, -0.2) is 0 Å². The molecule has 2 rings (SSSR count). The number of rotatable bonds is 8. The molecule has 6 nitrogen and oxygen atoms in total. The topological polar surface area (TPSA) is 64.1 Å². The molecule has 1 heterocycles. The number of piperidine rings is 1. The zero-order chi connectivity index (χ0) is 19.1. The van der Waals surface area contributed by atoms with E-state index in [4.69, 9.17) is 5.11 Å². The largest absolute Gasteiger partial charge is 0.480 e. The van der Waals surface area contributed by atoms with Crippen LogP contribution in [0.25, 0.3) is 0 Å². The number of amides is 1. The van der Waals surface area contributed by atoms with Crippen LogP contribution in [0.2, 0.25) is 0 Å². The van der Waals surface area contributed by atoms with Crippen LogP contribution in [-0.4, -0.2) is 78.0 Å². The van der Waals surface area contributed by atoms with Crippen LogP contribution in [0.3, 0.4) is 0 Å². The van der Waals surface area contributed by atoms with Gasteiger partial charge in [-0.1, -0.05) is 31.2 Å². The van der Waals surface area contributed by atoms with Gasteiger partial charge >= 0.3 is 5.97 Å². The second-order valence-corrected chi connectivity index (χ2v) is 7.24. The van der Waals surface area contributed by atoms with Crippen molar-refractivity contribution in [2.24, 2.45) is 0 Å². The zero-order valence-electron chi connectivity index (χ0n) is 16.6. The summed E-state index contributed by atoms with van der Waals surface area (Å²) < 4.78 is 0. The van der Waals surface area contributed by atoms with Gasteiger partial charge in [0.2, 0.25) is 5.91 Å². The maximum Gasteiger partial charge on any atom is 0.317 e. The van der Waals surface area contributed by atoms with Crippen molar-refractivity contribution in [3.63, 3.8) is 0 Å². The van der Waals surface area contributed by atoms with E-state index in [9.17, 15) is 9.59 Å². The third-order valence-corrected chi connectivity index (χ3v) is 5.20. The maximum atomic E-state index is 12.5. The van der Waals surface area contributed by atoms with Crippen LogP contribution in [0.15, 0.2) is 24.3 Å². The van der Waals surface area contributed by atoms with Gasteiger partial charge in [0.25, 0.3) is 0 Å². The first kappa shape index (κ1) is 23.4. The number of carboxylic acids is 1. The molecule has 1 aromatic carbocycles. The summed E-state index contributed by atoms with van der Waals surface area (Å²) in [5, 5.41) is 8.89. The molecule has 1 N–H and O–H groups in total. The van der Waals surface area contributed by atoms with Crippen LogP contribution in [0, 0.1) is 0 Å². The molecule has 1 aromatic rings. The molecule has 1 aliphatic heterocycles. The monoisotopic (exact) mass is 397 g/mol. The third kappa shape index (κ3) is 7.48. The number of carboxylic acid groups (broad SMARTS) is 1. The summed E-state index contributed by atoms with van der Waals surface area (Å²) in [4.78, 5) is 29.2. The van der Waals surface area contributed by atoms with E-state index in [1.807, 2.05) is 19.0 Å². The number of carbonyl (C=O) groups excluding carboxylic acids is 1. The molecular weight excluding hydrogens is 366 g/mol. The van der Waals surface area contributed by atoms with Crippen LogP contribution in [-0.2, 0) is 22.6 Å². The van der Waals surface area contributed by atoms with Gasteiger partial charge in [-0.15, -0.1) is 12.4 Å². The lowest BCUT2D eigenvalue weighted by atomic mass is 10.0. The lowest BCUT2D eigenvalue weighted by molar-refractivity contribution is -0.138. The minimum atomic E-state index is -0.793. The smallest absolute Gasteiger partial charge is 0.317 e. The first-order valence-electron chi connectivity index (χ1n) is 9.35. The van der Waals surface area contributed by atoms with E-state index < -0.39 is 5.97 Å². The Labute approximate surface area is 168 Å². The molecule has 0 radical (unpaired) electrons. The zero-order valence-corrected chi connectivity index (χ0v) is 17.4. The average molecular weight is 398 g/mol. The fourth-order valence-corrected chi connectivity index (χ4v) is 3.42. The van der Waals surface area contributed by atoms with Crippen molar-refractivity contribution in [3.05, 3.63) is 35.4 Å². The fraction of sp³-hybridized carbons (Fsp3) is 0.600. The van der Waals surface area contributed by atoms with Crippen LogP contribution in [0.4, 0.5) is 0 Å². The quantitative estimate of drug-likeness (QED) is 0.727. The third-order valence-electron chi connectivity index (χ3n) is 5.20. The first-order chi connectivity index (χ1) is 12.4. The SMILES string of the molecule is CCc1ccc(CN(C)C(=O)CN2CCC(N(C)CC(=O)O)CC2)cc1.Cl. The maximum absolute atomic E-state index is 12.5. The summed E-state index contributed by atoms with van der Waals surface area (Å²) >= 11 is 0. The van der Waals surface area contributed by atoms with Crippen molar-refractivity contribution in [2.45, 2.75) is 38.8 Å². The van der Waals surface area contributed by atoms with Gasteiger partial charge in [0.15, 0.2) is 0 Å². The van der Waals surface area contributed by atoms with Gasteiger partial charge in [0.05, 0.1) is 13.1 Å². The van der Waals surface area contributed by atoms with Gasteiger partial charge in [0.1, 0.15) is 0 Å². The van der Waals surface area contributed by atoms with E-state index in [1.54, 1.807) is 4.90 Å². The van der Waals surface area contributed by atoms with Crippen LogP contribution >= 0.6 is 12.4 Å². The Morgan fingerprint density at radius 3 is 2.19 bits per heavy atom. The number of hydrogen-bond acceptors (Lipinski definition) is 4. The Morgan fingerprint density at radius 2 is 1.67 bits per heavy atom. The number of likely N-dealkylation sites (N-methyl/N-ethyl adjacent to an activating group) is 2. The van der Waals surface area contributed by atoms with E-state index in [0.717, 1.165) is 37.9 Å². The number of halogens is 1. The molecule has 0 atom stereocenters. The average Bonchev–Trinajstić information content (AvgIpc) is 2.62. The van der Waals surface area contributed by atoms with Gasteiger partial charge in [-0.2, -0.15) is 0 Å². The van der Waals surface area contributed by atoms with E-state index >= 15 is 0 Å². The van der Waals surface area contributed by atoms with Crippen molar-refractivity contribution in [3.8, 4) is 0 Å². The Kier molecular flexibility index (Phi) is 9.77. The minimum Gasteiger partial charge on any atom is -0.480 e. The van der Waals surface area contributed by atoms with Crippen LogP contribution in [0.5, 0.6) is 0 Å². The molecule has 0 saturated carbocycles. The Balaban J connectivity index is 0.00000364. The summed E-state index contributed by atoms with van der Waals surface area (Å²) in [6, 6.07) is 8.70. The molecule has 0 unspecified atom stereocenters. The Hall–Kier alpha value is -1.63. The number of nitrogens with zero attached hydrogens (tertiary/aromatic N) is 3. The molecule has 1 amide bonds. The first-order valence-corrected chi connectivity index (χ1v) is 9.35. The van der Waals surface area contributed by atoms with E-state index in [0.29, 0.717) is 13.1 Å². The van der Waals surface area contributed by atoms with Crippen molar-refractivity contribution < 1.29 is 14.7 Å². The van der Waals surface area contributed by atoms with E-state index in [-0.39, 0.29) is 30.9 Å². The molecular formula is C20H32ClN3O3. The van der Waals surface area contributed by atoms with Gasteiger partial charge in [-0.05, 0) is 37.4 Å². The van der Waals surface area contributed by atoms with E-state index in [1.165, 1.54) is 5.56 Å². The summed E-state index contributed by atoms with van der Waals surface area (Å²) in [7, 11) is 3.71. The van der Waals surface area contributed by atoms with Crippen LogP contribution in [0.1, 0.15) is 30.9 Å². The fourth-order valence-electron chi connectivity index (χ4n) is 3.42. The van der Waals surface area contributed by atoms with Crippen molar-refractivity contribution in [1.29, 1.82) is 0 Å². The number of aliphatic carboxylic acids is 1. The standard InChI is InChI=1S/C20H31N3O3.ClH/c1-4-16-5-7-17(8-6-16)13-22(3)19(24)14-23-11-9-18(10-12-23)21(2)15-20(25)26;/h5-8,18H,4,9-15H2,1-3H3,(H,25,26);1H. The minimum absolute atomic E-state index is 0. The summed E-state index contributed by atoms with van der Waals surface area (Å²) in [5.41, 5.74) is 2.45. The number of benzene rings is 1. The molecule has 1 fully saturated rings. The highest BCUT2D eigenvalue weighted by Gasteiger charge is 2.25. The molecule has 1 aliphatic rings. The second-order valence-electron chi connectivity index (χ2n) is 7.24. The van der Waals surface area contributed by atoms with Gasteiger partial charge in [0, 0.05) is 32.7 Å². The number of carbonyl (C=O) groups is 2. The summed E-state index contributed by atoms with van der Waals surface area (Å²) in [6.45, 7) is 4.93. The molecule has 0 aliphatic carbocycles. The number of aryl methyl sites for hydroxylation is 1. The highest BCUT2D eigenvalue weighted by atomic mass is 35.5. The number of hydrogen-bond donors (Lipinski definition) is 1. The lowest BCUT2D eigenvalue weighted by Gasteiger charge is -2.36. The van der Waals surface area contributed by atoms with Crippen LogP contribution < -0.4 is 0 Å².